The molecule has 0 unspecified atom stereocenters. The largest absolute Gasteiger partial charge is 0.393 e. The van der Waals surface area contributed by atoms with Crippen LogP contribution in [0.2, 0.25) is 0 Å². The van der Waals surface area contributed by atoms with Crippen molar-refractivity contribution in [2.75, 3.05) is 6.54 Å². The Morgan fingerprint density at radius 2 is 1.79 bits per heavy atom. The van der Waals surface area contributed by atoms with E-state index in [1.165, 1.54) is 32.2 Å². The fourth-order valence-corrected chi connectivity index (χ4v) is 3.17. The lowest BCUT2D eigenvalue weighted by Crippen LogP contribution is -2.47. The highest BCUT2D eigenvalue weighted by Crippen LogP contribution is 2.35. The maximum atomic E-state index is 9.48. The second kappa shape index (κ2) is 3.82. The molecule has 1 aliphatic heterocycles. The third-order valence-electron chi connectivity index (χ3n) is 4.07. The second-order valence-corrected chi connectivity index (χ2v) is 5.57. The molecular formula is C12H23NO. The molecule has 1 heterocycles. The summed E-state index contributed by atoms with van der Waals surface area (Å²) in [5.41, 5.74) is 0.410. The third-order valence-corrected chi connectivity index (χ3v) is 4.07. The molecule has 0 aromatic rings. The predicted molar refractivity (Wildman–Crippen MR) is 58.3 cm³/mol. The summed E-state index contributed by atoms with van der Waals surface area (Å²) < 4.78 is 0. The Labute approximate surface area is 87.3 Å². The number of hydrogen-bond donors (Lipinski definition) is 1. The summed E-state index contributed by atoms with van der Waals surface area (Å²) in [5.74, 6) is 0. The molecule has 1 N–H and O–H groups in total. The minimum atomic E-state index is -0.0167. The summed E-state index contributed by atoms with van der Waals surface area (Å²) >= 11 is 0. The molecule has 0 aromatic carbocycles. The van der Waals surface area contributed by atoms with Gasteiger partial charge >= 0.3 is 0 Å². The van der Waals surface area contributed by atoms with Gasteiger partial charge in [0.15, 0.2) is 0 Å². The monoisotopic (exact) mass is 197 g/mol. The molecule has 0 aromatic heterocycles. The van der Waals surface area contributed by atoms with E-state index in [1.807, 2.05) is 0 Å². The molecule has 14 heavy (non-hydrogen) atoms. The Morgan fingerprint density at radius 3 is 2.29 bits per heavy atom. The van der Waals surface area contributed by atoms with Crippen LogP contribution in [-0.4, -0.2) is 34.2 Å². The summed E-state index contributed by atoms with van der Waals surface area (Å²) in [7, 11) is 0. The summed E-state index contributed by atoms with van der Waals surface area (Å²) in [4.78, 5) is 2.68. The fourth-order valence-electron chi connectivity index (χ4n) is 3.17. The first-order valence-electron chi connectivity index (χ1n) is 6.04. The Kier molecular flexibility index (Phi) is 2.85. The van der Waals surface area contributed by atoms with Crippen LogP contribution in [0.3, 0.4) is 0 Å². The van der Waals surface area contributed by atoms with Crippen LogP contribution in [0.25, 0.3) is 0 Å². The van der Waals surface area contributed by atoms with E-state index in [9.17, 15) is 5.11 Å². The van der Waals surface area contributed by atoms with Crippen molar-refractivity contribution in [3.05, 3.63) is 0 Å². The number of nitrogens with zero attached hydrogens (tertiary/aromatic N) is 1. The van der Waals surface area contributed by atoms with Crippen molar-refractivity contribution in [1.29, 1.82) is 0 Å². The Bertz CT molecular complexity index is 194. The van der Waals surface area contributed by atoms with Gasteiger partial charge in [-0.1, -0.05) is 0 Å². The lowest BCUT2D eigenvalue weighted by molar-refractivity contribution is 0.0444. The van der Waals surface area contributed by atoms with Crippen LogP contribution in [0.15, 0.2) is 0 Å². The molecule has 1 aliphatic carbocycles. The summed E-state index contributed by atoms with van der Waals surface area (Å²) in [5, 5.41) is 9.48. The van der Waals surface area contributed by atoms with E-state index < -0.39 is 0 Å². The highest BCUT2D eigenvalue weighted by Gasteiger charge is 2.37. The minimum Gasteiger partial charge on any atom is -0.393 e. The first kappa shape index (κ1) is 10.4. The predicted octanol–water partition coefficient (Wildman–Crippen LogP) is 2.16. The van der Waals surface area contributed by atoms with E-state index in [2.05, 4.69) is 18.7 Å². The highest BCUT2D eigenvalue weighted by molar-refractivity contribution is 4.93. The van der Waals surface area contributed by atoms with Gasteiger partial charge in [-0.3, -0.25) is 4.90 Å². The topological polar surface area (TPSA) is 23.5 Å². The van der Waals surface area contributed by atoms with Gasteiger partial charge in [0, 0.05) is 11.6 Å². The molecule has 1 saturated carbocycles. The van der Waals surface area contributed by atoms with Gasteiger partial charge in [0.1, 0.15) is 0 Å². The van der Waals surface area contributed by atoms with Gasteiger partial charge in [-0.05, 0) is 58.9 Å². The van der Waals surface area contributed by atoms with E-state index >= 15 is 0 Å². The van der Waals surface area contributed by atoms with Crippen molar-refractivity contribution in [2.45, 2.75) is 70.1 Å². The zero-order valence-corrected chi connectivity index (χ0v) is 9.50. The van der Waals surface area contributed by atoms with Crippen LogP contribution in [0.1, 0.15) is 52.4 Å². The van der Waals surface area contributed by atoms with Crippen molar-refractivity contribution in [1.82, 2.24) is 4.90 Å². The van der Waals surface area contributed by atoms with E-state index in [-0.39, 0.29) is 6.10 Å². The van der Waals surface area contributed by atoms with Gasteiger partial charge in [-0.2, -0.15) is 0 Å². The third kappa shape index (κ3) is 1.96. The van der Waals surface area contributed by atoms with Crippen LogP contribution in [0, 0.1) is 0 Å². The molecule has 0 atom stereocenters. The average Bonchev–Trinajstić information content (AvgIpc) is 2.47. The van der Waals surface area contributed by atoms with Crippen molar-refractivity contribution in [2.24, 2.45) is 0 Å². The van der Waals surface area contributed by atoms with E-state index in [0.717, 1.165) is 18.9 Å². The molecule has 0 amide bonds. The SMILES string of the molecule is CC1(C)CCCN1C1CCC(O)CC1. The standard InChI is InChI=1S/C12H23NO/c1-12(2)8-3-9-13(12)10-4-6-11(14)7-5-10/h10-11,14H,3-9H2,1-2H3. The maximum Gasteiger partial charge on any atom is 0.0541 e. The van der Waals surface area contributed by atoms with E-state index in [0.29, 0.717) is 5.54 Å². The van der Waals surface area contributed by atoms with Crippen LogP contribution in [0.5, 0.6) is 0 Å². The molecule has 82 valence electrons. The van der Waals surface area contributed by atoms with E-state index in [1.54, 1.807) is 0 Å². The summed E-state index contributed by atoms with van der Waals surface area (Å²) in [6.07, 6.45) is 7.10. The van der Waals surface area contributed by atoms with Gasteiger partial charge in [0.2, 0.25) is 0 Å². The van der Waals surface area contributed by atoms with Gasteiger partial charge in [-0.25, -0.2) is 0 Å². The van der Waals surface area contributed by atoms with Crippen molar-refractivity contribution in [3.8, 4) is 0 Å². The Morgan fingerprint density at radius 1 is 1.14 bits per heavy atom. The summed E-state index contributed by atoms with van der Waals surface area (Å²) in [6.45, 7) is 6.00. The molecule has 0 radical (unpaired) electrons. The molecule has 1 saturated heterocycles. The molecule has 0 spiro atoms. The first-order chi connectivity index (χ1) is 6.59. The van der Waals surface area contributed by atoms with Crippen molar-refractivity contribution >= 4 is 0 Å². The van der Waals surface area contributed by atoms with Crippen LogP contribution < -0.4 is 0 Å². The van der Waals surface area contributed by atoms with Crippen LogP contribution in [0.4, 0.5) is 0 Å². The molecule has 2 nitrogen and oxygen atoms in total. The zero-order chi connectivity index (χ0) is 10.2. The van der Waals surface area contributed by atoms with Gasteiger partial charge in [-0.15, -0.1) is 0 Å². The zero-order valence-electron chi connectivity index (χ0n) is 9.50. The Balaban J connectivity index is 1.95. The van der Waals surface area contributed by atoms with Crippen molar-refractivity contribution in [3.63, 3.8) is 0 Å². The fraction of sp³-hybridized carbons (Fsp3) is 1.00. The van der Waals surface area contributed by atoms with E-state index in [4.69, 9.17) is 0 Å². The molecule has 0 bridgehead atoms. The Hall–Kier alpha value is -0.0800. The first-order valence-corrected chi connectivity index (χ1v) is 6.04. The van der Waals surface area contributed by atoms with Gasteiger partial charge in [0.25, 0.3) is 0 Å². The molecule has 2 fully saturated rings. The molecular weight excluding hydrogens is 174 g/mol. The molecule has 2 rings (SSSR count). The second-order valence-electron chi connectivity index (χ2n) is 5.57. The molecule has 2 aliphatic rings. The van der Waals surface area contributed by atoms with Crippen LogP contribution in [-0.2, 0) is 0 Å². The lowest BCUT2D eigenvalue weighted by Gasteiger charge is -2.41. The van der Waals surface area contributed by atoms with Gasteiger partial charge in [0.05, 0.1) is 6.10 Å². The normalized spacial score (nSPS) is 38.8. The highest BCUT2D eigenvalue weighted by atomic mass is 16.3. The average molecular weight is 197 g/mol. The number of aliphatic hydroxyl groups excluding tert-OH is 1. The number of aliphatic hydroxyl groups is 1. The smallest absolute Gasteiger partial charge is 0.0541 e. The lowest BCUT2D eigenvalue weighted by atomic mass is 9.89. The van der Waals surface area contributed by atoms with Gasteiger partial charge < -0.3 is 5.11 Å². The molecule has 2 heteroatoms. The number of rotatable bonds is 1. The summed E-state index contributed by atoms with van der Waals surface area (Å²) in [6, 6.07) is 0.746. The minimum absolute atomic E-state index is 0.0167. The van der Waals surface area contributed by atoms with Crippen LogP contribution >= 0.6 is 0 Å². The number of likely N-dealkylation sites (tertiary alicyclic amines) is 1. The van der Waals surface area contributed by atoms with Crippen molar-refractivity contribution < 1.29 is 5.11 Å². The quantitative estimate of drug-likeness (QED) is 0.696. The maximum absolute atomic E-state index is 9.48. The number of hydrogen-bond acceptors (Lipinski definition) is 2.